The van der Waals surface area contributed by atoms with E-state index in [1.54, 1.807) is 24.3 Å². The first-order chi connectivity index (χ1) is 14.0. The molecule has 1 saturated carbocycles. The molecule has 1 aliphatic carbocycles. The van der Waals surface area contributed by atoms with Crippen molar-refractivity contribution in [3.8, 4) is 0 Å². The average Bonchev–Trinajstić information content (AvgIpc) is 3.53. The van der Waals surface area contributed by atoms with Gasteiger partial charge >= 0.3 is 0 Å². The molecule has 152 valence electrons. The number of ether oxygens (including phenoxy) is 1. The predicted molar refractivity (Wildman–Crippen MR) is 107 cm³/mol. The smallest absolute Gasteiger partial charge is 0.243 e. The summed E-state index contributed by atoms with van der Waals surface area (Å²) in [7, 11) is -3.61. The standard InChI is InChI=1S/C20H21FN4O3S/c21-14-1-3-15(4-2-14)22-20-18-13-17(29(26,27)24-9-11-28-12-10-24)7-8-19(18)25(23-20)16-5-6-16/h1-4,7-8,13,16H,5-6,9-12H2,(H,22,23). The Balaban J connectivity index is 1.57. The molecule has 0 bridgehead atoms. The normalized spacial score (nSPS) is 18.2. The van der Waals surface area contributed by atoms with Crippen LogP contribution in [0, 0.1) is 5.82 Å². The fourth-order valence-corrected chi connectivity index (χ4v) is 5.01. The molecule has 2 fully saturated rings. The number of halogens is 1. The second-order valence-electron chi connectivity index (χ2n) is 7.35. The Morgan fingerprint density at radius 1 is 1.07 bits per heavy atom. The number of anilines is 2. The Kier molecular flexibility index (Phi) is 4.53. The van der Waals surface area contributed by atoms with Gasteiger partial charge in [-0.3, -0.25) is 4.68 Å². The van der Waals surface area contributed by atoms with Gasteiger partial charge in [-0.1, -0.05) is 0 Å². The van der Waals surface area contributed by atoms with E-state index >= 15 is 0 Å². The van der Waals surface area contributed by atoms with Gasteiger partial charge in [0.05, 0.1) is 29.7 Å². The summed E-state index contributed by atoms with van der Waals surface area (Å²) in [5.41, 5.74) is 1.58. The van der Waals surface area contributed by atoms with Crippen LogP contribution in [0.3, 0.4) is 0 Å². The molecular formula is C20H21FN4O3S. The highest BCUT2D eigenvalue weighted by Gasteiger charge is 2.30. The van der Waals surface area contributed by atoms with Gasteiger partial charge in [0.25, 0.3) is 0 Å². The Morgan fingerprint density at radius 3 is 2.48 bits per heavy atom. The summed E-state index contributed by atoms with van der Waals surface area (Å²) >= 11 is 0. The van der Waals surface area contributed by atoms with Crippen LogP contribution < -0.4 is 5.32 Å². The van der Waals surface area contributed by atoms with Crippen LogP contribution in [0.5, 0.6) is 0 Å². The lowest BCUT2D eigenvalue weighted by Gasteiger charge is -2.26. The minimum atomic E-state index is -3.61. The summed E-state index contributed by atoms with van der Waals surface area (Å²) in [6.45, 7) is 1.50. The van der Waals surface area contributed by atoms with Crippen LogP contribution in [0.4, 0.5) is 15.9 Å². The van der Waals surface area contributed by atoms with Crippen LogP contribution in [0.1, 0.15) is 18.9 Å². The molecule has 0 radical (unpaired) electrons. The monoisotopic (exact) mass is 416 g/mol. The Labute approximate surface area is 168 Å². The van der Waals surface area contributed by atoms with E-state index in [4.69, 9.17) is 4.74 Å². The van der Waals surface area contributed by atoms with Crippen molar-refractivity contribution in [2.24, 2.45) is 0 Å². The first kappa shape index (κ1) is 18.5. The van der Waals surface area contributed by atoms with Gasteiger partial charge in [0.1, 0.15) is 5.82 Å². The zero-order valence-electron chi connectivity index (χ0n) is 15.7. The second kappa shape index (κ2) is 7.08. The molecule has 1 N–H and O–H groups in total. The van der Waals surface area contributed by atoms with Gasteiger partial charge in [0.15, 0.2) is 5.82 Å². The number of hydrogen-bond acceptors (Lipinski definition) is 5. The fraction of sp³-hybridized carbons (Fsp3) is 0.350. The van der Waals surface area contributed by atoms with E-state index in [2.05, 4.69) is 10.4 Å². The van der Waals surface area contributed by atoms with E-state index in [1.165, 1.54) is 16.4 Å². The molecule has 1 aliphatic heterocycles. The molecule has 5 rings (SSSR count). The van der Waals surface area contributed by atoms with Crippen molar-refractivity contribution < 1.29 is 17.5 Å². The summed E-state index contributed by atoms with van der Waals surface area (Å²) in [6.07, 6.45) is 2.11. The van der Waals surface area contributed by atoms with Gasteiger partial charge in [-0.15, -0.1) is 0 Å². The molecule has 0 atom stereocenters. The average molecular weight is 416 g/mol. The van der Waals surface area contributed by atoms with Crippen LogP contribution in [0.15, 0.2) is 47.4 Å². The van der Waals surface area contributed by atoms with Gasteiger partial charge in [-0.05, 0) is 55.3 Å². The van der Waals surface area contributed by atoms with E-state index in [1.807, 2.05) is 10.7 Å². The van der Waals surface area contributed by atoms with Crippen LogP contribution in [0.25, 0.3) is 10.9 Å². The van der Waals surface area contributed by atoms with Gasteiger partial charge in [-0.2, -0.15) is 9.40 Å². The number of sulfonamides is 1. The quantitative estimate of drug-likeness (QED) is 0.691. The van der Waals surface area contributed by atoms with E-state index in [0.29, 0.717) is 43.9 Å². The highest BCUT2D eigenvalue weighted by molar-refractivity contribution is 7.89. The number of rotatable bonds is 5. The van der Waals surface area contributed by atoms with Crippen molar-refractivity contribution in [1.29, 1.82) is 0 Å². The molecule has 29 heavy (non-hydrogen) atoms. The number of nitrogens with zero attached hydrogens (tertiary/aromatic N) is 3. The van der Waals surface area contributed by atoms with E-state index in [9.17, 15) is 12.8 Å². The van der Waals surface area contributed by atoms with E-state index < -0.39 is 10.0 Å². The first-order valence-corrected chi connectivity index (χ1v) is 11.1. The molecule has 0 unspecified atom stereocenters. The Morgan fingerprint density at radius 2 is 1.79 bits per heavy atom. The molecule has 3 aromatic rings. The molecule has 2 aromatic carbocycles. The zero-order valence-corrected chi connectivity index (χ0v) is 16.5. The maximum Gasteiger partial charge on any atom is 0.243 e. The Hall–Kier alpha value is -2.49. The first-order valence-electron chi connectivity index (χ1n) is 9.65. The molecular weight excluding hydrogens is 395 g/mol. The number of hydrogen-bond donors (Lipinski definition) is 1. The number of nitrogens with one attached hydrogen (secondary N) is 1. The van der Waals surface area contributed by atoms with Crippen molar-refractivity contribution in [3.05, 3.63) is 48.3 Å². The summed E-state index contributed by atoms with van der Waals surface area (Å²) < 4.78 is 48.1. The second-order valence-corrected chi connectivity index (χ2v) is 9.29. The van der Waals surface area contributed by atoms with Crippen LogP contribution >= 0.6 is 0 Å². The maximum absolute atomic E-state index is 13.2. The molecule has 1 saturated heterocycles. The largest absolute Gasteiger partial charge is 0.379 e. The molecule has 1 aromatic heterocycles. The lowest BCUT2D eigenvalue weighted by Crippen LogP contribution is -2.40. The number of morpholine rings is 1. The van der Waals surface area contributed by atoms with Crippen molar-refractivity contribution in [3.63, 3.8) is 0 Å². The lowest BCUT2D eigenvalue weighted by atomic mass is 10.2. The molecule has 7 nitrogen and oxygen atoms in total. The summed E-state index contributed by atoms with van der Waals surface area (Å²) in [6, 6.07) is 11.5. The lowest BCUT2D eigenvalue weighted by molar-refractivity contribution is 0.0730. The van der Waals surface area contributed by atoms with Gasteiger partial charge in [0, 0.05) is 24.2 Å². The van der Waals surface area contributed by atoms with Crippen molar-refractivity contribution in [2.45, 2.75) is 23.8 Å². The highest BCUT2D eigenvalue weighted by Crippen LogP contribution is 2.39. The number of fused-ring (bicyclic) bond motifs is 1. The summed E-state index contributed by atoms with van der Waals surface area (Å²) in [5.74, 6) is 0.250. The highest BCUT2D eigenvalue weighted by atomic mass is 32.2. The van der Waals surface area contributed by atoms with Crippen LogP contribution in [-0.4, -0.2) is 48.8 Å². The third-order valence-corrected chi connectivity index (χ3v) is 7.18. The summed E-state index contributed by atoms with van der Waals surface area (Å²) in [4.78, 5) is 0.240. The third-order valence-electron chi connectivity index (χ3n) is 5.29. The van der Waals surface area contributed by atoms with E-state index in [0.717, 1.165) is 23.7 Å². The van der Waals surface area contributed by atoms with Crippen LogP contribution in [0.2, 0.25) is 0 Å². The van der Waals surface area contributed by atoms with Gasteiger partial charge in [0.2, 0.25) is 10.0 Å². The fourth-order valence-electron chi connectivity index (χ4n) is 3.58. The molecule has 9 heteroatoms. The zero-order chi connectivity index (χ0) is 20.0. The third kappa shape index (κ3) is 3.50. The number of aromatic nitrogens is 2. The SMILES string of the molecule is O=S(=O)(c1ccc2c(c1)c(Nc1ccc(F)cc1)nn2C1CC1)N1CCOCC1. The Bertz CT molecular complexity index is 1150. The van der Waals surface area contributed by atoms with Crippen molar-refractivity contribution in [1.82, 2.24) is 14.1 Å². The van der Waals surface area contributed by atoms with E-state index in [-0.39, 0.29) is 10.7 Å². The molecule has 2 heterocycles. The van der Waals surface area contributed by atoms with Crippen molar-refractivity contribution >= 4 is 32.4 Å². The van der Waals surface area contributed by atoms with Crippen LogP contribution in [-0.2, 0) is 14.8 Å². The molecule has 2 aliphatic rings. The topological polar surface area (TPSA) is 76.5 Å². The molecule has 0 amide bonds. The minimum Gasteiger partial charge on any atom is -0.379 e. The van der Waals surface area contributed by atoms with Gasteiger partial charge in [-0.25, -0.2) is 12.8 Å². The molecule has 0 spiro atoms. The van der Waals surface area contributed by atoms with Crippen molar-refractivity contribution in [2.75, 3.05) is 31.6 Å². The maximum atomic E-state index is 13.2. The predicted octanol–water partition coefficient (Wildman–Crippen LogP) is 3.27. The minimum absolute atomic E-state index is 0.240. The van der Waals surface area contributed by atoms with Gasteiger partial charge < -0.3 is 10.1 Å². The number of benzene rings is 2. The summed E-state index contributed by atoms with van der Waals surface area (Å²) in [5, 5.41) is 8.63.